The quantitative estimate of drug-likeness (QED) is 0.881. The van der Waals surface area contributed by atoms with Gasteiger partial charge < -0.3 is 15.3 Å². The number of urea groups is 1. The number of amides is 2. The molecule has 1 aliphatic rings. The Hall–Kier alpha value is -1.76. The summed E-state index contributed by atoms with van der Waals surface area (Å²) in [5.74, 6) is -1.22. The molecule has 2 atom stereocenters. The van der Waals surface area contributed by atoms with Crippen LogP contribution in [0, 0.1) is 5.82 Å². The van der Waals surface area contributed by atoms with Gasteiger partial charge in [-0.15, -0.1) is 0 Å². The Labute approximate surface area is 126 Å². The zero-order chi connectivity index (χ0) is 15.6. The van der Waals surface area contributed by atoms with E-state index in [1.54, 1.807) is 16.7 Å². The van der Waals surface area contributed by atoms with Crippen LogP contribution >= 0.6 is 11.8 Å². The number of halogens is 1. The number of rotatable bonds is 2. The van der Waals surface area contributed by atoms with Gasteiger partial charge in [0.1, 0.15) is 5.82 Å². The van der Waals surface area contributed by atoms with E-state index < -0.39 is 17.8 Å². The van der Waals surface area contributed by atoms with Gasteiger partial charge in [-0.2, -0.15) is 11.8 Å². The molecule has 0 saturated carbocycles. The van der Waals surface area contributed by atoms with Gasteiger partial charge in [0, 0.05) is 23.6 Å². The van der Waals surface area contributed by atoms with Crippen molar-refractivity contribution in [1.82, 2.24) is 4.90 Å². The van der Waals surface area contributed by atoms with Crippen molar-refractivity contribution < 1.29 is 19.1 Å². The molecule has 7 heteroatoms. The van der Waals surface area contributed by atoms with E-state index in [9.17, 15) is 14.0 Å². The number of carbonyl (C=O) groups is 2. The maximum Gasteiger partial charge on any atom is 0.337 e. The van der Waals surface area contributed by atoms with Crippen LogP contribution in [-0.4, -0.2) is 45.6 Å². The number of thioether (sulfide) groups is 1. The van der Waals surface area contributed by atoms with Gasteiger partial charge in [-0.3, -0.25) is 0 Å². The summed E-state index contributed by atoms with van der Waals surface area (Å²) in [5.41, 5.74) is -0.538. The average molecular weight is 312 g/mol. The normalized spacial score (nSPS) is 22.0. The van der Waals surface area contributed by atoms with Gasteiger partial charge in [0.15, 0.2) is 0 Å². The molecule has 1 aliphatic heterocycles. The molecule has 1 aromatic carbocycles. The van der Waals surface area contributed by atoms with Crippen LogP contribution in [0.5, 0.6) is 0 Å². The van der Waals surface area contributed by atoms with E-state index in [0.29, 0.717) is 6.54 Å². The summed E-state index contributed by atoms with van der Waals surface area (Å²) in [6.45, 7) is 4.51. The molecule has 2 unspecified atom stereocenters. The van der Waals surface area contributed by atoms with E-state index in [4.69, 9.17) is 5.11 Å². The first-order chi connectivity index (χ1) is 9.91. The summed E-state index contributed by atoms with van der Waals surface area (Å²) in [5, 5.41) is 11.8. The number of anilines is 1. The highest BCUT2D eigenvalue weighted by Gasteiger charge is 2.30. The Bertz CT molecular complexity index is 567. The third-order valence-corrected chi connectivity index (χ3v) is 4.96. The summed E-state index contributed by atoms with van der Waals surface area (Å²) in [4.78, 5) is 25.0. The maximum atomic E-state index is 13.8. The molecule has 0 radical (unpaired) electrons. The summed E-state index contributed by atoms with van der Waals surface area (Å²) in [6, 6.07) is 3.22. The minimum Gasteiger partial charge on any atom is -0.478 e. The second-order valence-electron chi connectivity index (χ2n) is 4.91. The fourth-order valence-electron chi connectivity index (χ4n) is 2.23. The number of nitrogens with one attached hydrogen (secondary N) is 1. The summed E-state index contributed by atoms with van der Waals surface area (Å²) in [6.07, 6.45) is 0. The molecule has 2 rings (SSSR count). The SMILES string of the molecule is CC1SCCN(C(=O)Nc2c(F)cccc2C(=O)O)C1C. The number of hydrogen-bond acceptors (Lipinski definition) is 3. The molecule has 114 valence electrons. The van der Waals surface area contributed by atoms with Crippen molar-refractivity contribution in [3.63, 3.8) is 0 Å². The van der Waals surface area contributed by atoms with Crippen LogP contribution in [0.2, 0.25) is 0 Å². The number of benzene rings is 1. The predicted octanol–water partition coefficient (Wildman–Crippen LogP) is 2.88. The molecule has 0 aromatic heterocycles. The first-order valence-corrected chi connectivity index (χ1v) is 7.67. The largest absolute Gasteiger partial charge is 0.478 e. The standard InChI is InChI=1S/C14H17FN2O3S/c1-8-9(2)21-7-6-17(8)14(20)16-12-10(13(18)19)4-3-5-11(12)15/h3-5,8-9H,6-7H2,1-2H3,(H,16,20)(H,18,19). The van der Waals surface area contributed by atoms with Crippen molar-refractivity contribution in [3.8, 4) is 0 Å². The minimum atomic E-state index is -1.28. The summed E-state index contributed by atoms with van der Waals surface area (Å²) < 4.78 is 13.8. The molecule has 1 aromatic rings. The number of aromatic carboxylic acids is 1. The number of para-hydroxylation sites is 1. The van der Waals surface area contributed by atoms with Gasteiger partial charge in [0.2, 0.25) is 0 Å². The molecule has 2 N–H and O–H groups in total. The first kappa shape index (κ1) is 15.6. The smallest absolute Gasteiger partial charge is 0.337 e. The van der Waals surface area contributed by atoms with E-state index in [1.165, 1.54) is 12.1 Å². The topological polar surface area (TPSA) is 69.6 Å². The molecule has 1 saturated heterocycles. The van der Waals surface area contributed by atoms with E-state index in [1.807, 2.05) is 13.8 Å². The molecule has 2 amide bonds. The van der Waals surface area contributed by atoms with Crippen LogP contribution in [0.25, 0.3) is 0 Å². The van der Waals surface area contributed by atoms with Gasteiger partial charge in [0.25, 0.3) is 0 Å². The zero-order valence-electron chi connectivity index (χ0n) is 11.8. The average Bonchev–Trinajstić information content (AvgIpc) is 2.43. The highest BCUT2D eigenvalue weighted by atomic mass is 32.2. The second kappa shape index (κ2) is 6.34. The lowest BCUT2D eigenvalue weighted by molar-refractivity contribution is 0.0697. The lowest BCUT2D eigenvalue weighted by atomic mass is 10.1. The monoisotopic (exact) mass is 312 g/mol. The van der Waals surface area contributed by atoms with Crippen LogP contribution in [0.1, 0.15) is 24.2 Å². The highest BCUT2D eigenvalue weighted by Crippen LogP contribution is 2.26. The van der Waals surface area contributed by atoms with Crippen LogP contribution in [0.4, 0.5) is 14.9 Å². The fraction of sp³-hybridized carbons (Fsp3) is 0.429. The highest BCUT2D eigenvalue weighted by molar-refractivity contribution is 8.00. The minimum absolute atomic E-state index is 0.00352. The molecule has 0 aliphatic carbocycles. The number of hydrogen-bond donors (Lipinski definition) is 2. The van der Waals surface area contributed by atoms with Crippen LogP contribution in [-0.2, 0) is 0 Å². The van der Waals surface area contributed by atoms with Gasteiger partial charge >= 0.3 is 12.0 Å². The van der Waals surface area contributed by atoms with Gasteiger partial charge in [-0.05, 0) is 19.1 Å². The van der Waals surface area contributed by atoms with Gasteiger partial charge in [0.05, 0.1) is 11.3 Å². The first-order valence-electron chi connectivity index (χ1n) is 6.63. The zero-order valence-corrected chi connectivity index (χ0v) is 12.6. The van der Waals surface area contributed by atoms with Crippen molar-refractivity contribution in [1.29, 1.82) is 0 Å². The number of nitrogens with zero attached hydrogens (tertiary/aromatic N) is 1. The number of carboxylic acids is 1. The Morgan fingerprint density at radius 3 is 2.81 bits per heavy atom. The molecular formula is C14H17FN2O3S. The van der Waals surface area contributed by atoms with E-state index in [2.05, 4.69) is 5.32 Å². The van der Waals surface area contributed by atoms with E-state index >= 15 is 0 Å². The predicted molar refractivity (Wildman–Crippen MR) is 80.5 cm³/mol. The van der Waals surface area contributed by atoms with Crippen molar-refractivity contribution in [3.05, 3.63) is 29.6 Å². The molecule has 0 spiro atoms. The maximum absolute atomic E-state index is 13.8. The third kappa shape index (κ3) is 3.29. The second-order valence-corrected chi connectivity index (χ2v) is 6.39. The summed E-state index contributed by atoms with van der Waals surface area (Å²) >= 11 is 1.77. The van der Waals surface area contributed by atoms with Gasteiger partial charge in [-0.25, -0.2) is 14.0 Å². The number of carboxylic acid groups (broad SMARTS) is 1. The van der Waals surface area contributed by atoms with E-state index in [0.717, 1.165) is 11.8 Å². The Morgan fingerprint density at radius 2 is 2.14 bits per heavy atom. The third-order valence-electron chi connectivity index (χ3n) is 3.62. The van der Waals surface area contributed by atoms with Crippen molar-refractivity contribution >= 4 is 29.4 Å². The fourth-order valence-corrected chi connectivity index (χ4v) is 3.33. The van der Waals surface area contributed by atoms with E-state index in [-0.39, 0.29) is 22.5 Å². The number of carbonyl (C=O) groups excluding carboxylic acids is 1. The van der Waals surface area contributed by atoms with Crippen LogP contribution in [0.3, 0.4) is 0 Å². The summed E-state index contributed by atoms with van der Waals surface area (Å²) in [7, 11) is 0. The molecule has 21 heavy (non-hydrogen) atoms. The van der Waals surface area contributed by atoms with Crippen molar-refractivity contribution in [2.75, 3.05) is 17.6 Å². The molecule has 1 fully saturated rings. The van der Waals surface area contributed by atoms with Crippen LogP contribution < -0.4 is 5.32 Å². The van der Waals surface area contributed by atoms with Gasteiger partial charge in [-0.1, -0.05) is 13.0 Å². The molecule has 1 heterocycles. The van der Waals surface area contributed by atoms with Crippen LogP contribution in [0.15, 0.2) is 18.2 Å². The molecular weight excluding hydrogens is 295 g/mol. The van der Waals surface area contributed by atoms with Crippen molar-refractivity contribution in [2.45, 2.75) is 25.1 Å². The molecule has 5 nitrogen and oxygen atoms in total. The Kier molecular flexibility index (Phi) is 4.72. The molecule has 0 bridgehead atoms. The lowest BCUT2D eigenvalue weighted by Gasteiger charge is -2.37. The van der Waals surface area contributed by atoms with Crippen molar-refractivity contribution in [2.24, 2.45) is 0 Å². The lowest BCUT2D eigenvalue weighted by Crippen LogP contribution is -2.49. The Morgan fingerprint density at radius 1 is 1.43 bits per heavy atom. The Balaban J connectivity index is 2.22.